The van der Waals surface area contributed by atoms with E-state index in [4.69, 9.17) is 0 Å². The van der Waals surface area contributed by atoms with Crippen LogP contribution in [0.4, 0.5) is 0 Å². The average molecular weight is 297 g/mol. The van der Waals surface area contributed by atoms with Crippen LogP contribution in [0.15, 0.2) is 41.8 Å². The third kappa shape index (κ3) is 2.21. The van der Waals surface area contributed by atoms with Crippen LogP contribution in [0.3, 0.4) is 0 Å². The first-order chi connectivity index (χ1) is 10.3. The van der Waals surface area contributed by atoms with Crippen LogP contribution in [0.5, 0.6) is 0 Å². The fourth-order valence-electron chi connectivity index (χ4n) is 3.79. The number of H-pyrrole nitrogens is 1. The van der Waals surface area contributed by atoms with Gasteiger partial charge in [-0.25, -0.2) is 0 Å². The van der Waals surface area contributed by atoms with E-state index in [0.29, 0.717) is 6.04 Å². The van der Waals surface area contributed by atoms with E-state index < -0.39 is 0 Å². The Morgan fingerprint density at radius 1 is 1.10 bits per heavy atom. The molecule has 1 aliphatic heterocycles. The Kier molecular flexibility index (Phi) is 3.32. The van der Waals surface area contributed by atoms with Gasteiger partial charge in [0, 0.05) is 35.0 Å². The zero-order chi connectivity index (χ0) is 14.2. The standard InChI is InChI=1S/C18H20N2S/c1-13-17(14-7-2-3-8-15(14)19-13)18(16-9-6-12-21-16)20-10-4-5-11-20/h2-3,6-9,12,18-19H,4-5,10-11H2,1H3/p+1/t18-/m0/s1. The monoisotopic (exact) mass is 297 g/mol. The predicted octanol–water partition coefficient (Wildman–Crippen LogP) is 3.31. The molecule has 1 saturated heterocycles. The Bertz CT molecular complexity index is 736. The summed E-state index contributed by atoms with van der Waals surface area (Å²) >= 11 is 1.90. The predicted molar refractivity (Wildman–Crippen MR) is 89.1 cm³/mol. The number of hydrogen-bond donors (Lipinski definition) is 2. The summed E-state index contributed by atoms with van der Waals surface area (Å²) in [7, 11) is 0. The molecule has 108 valence electrons. The molecule has 3 aromatic rings. The number of hydrogen-bond acceptors (Lipinski definition) is 1. The number of benzene rings is 1. The van der Waals surface area contributed by atoms with Crippen LogP contribution in [0.1, 0.15) is 35.0 Å². The Labute approximate surface area is 129 Å². The van der Waals surface area contributed by atoms with Gasteiger partial charge < -0.3 is 9.88 Å². The number of para-hydroxylation sites is 1. The fraction of sp³-hybridized carbons (Fsp3) is 0.333. The summed E-state index contributed by atoms with van der Waals surface area (Å²) in [5, 5.41) is 3.61. The zero-order valence-electron chi connectivity index (χ0n) is 12.4. The average Bonchev–Trinajstić information content (AvgIpc) is 3.22. The SMILES string of the molecule is Cc1[nH]c2ccccc2c1[C@H](c1cccs1)[NH+]1CCCC1. The largest absolute Gasteiger partial charge is 0.358 e. The highest BCUT2D eigenvalue weighted by molar-refractivity contribution is 7.10. The highest BCUT2D eigenvalue weighted by Gasteiger charge is 2.32. The lowest BCUT2D eigenvalue weighted by atomic mass is 10.0. The van der Waals surface area contributed by atoms with E-state index in [9.17, 15) is 0 Å². The van der Waals surface area contributed by atoms with Crippen molar-refractivity contribution in [3.05, 3.63) is 57.9 Å². The van der Waals surface area contributed by atoms with E-state index in [-0.39, 0.29) is 0 Å². The molecule has 21 heavy (non-hydrogen) atoms. The summed E-state index contributed by atoms with van der Waals surface area (Å²) < 4.78 is 0. The second-order valence-corrected chi connectivity index (χ2v) is 7.00. The lowest BCUT2D eigenvalue weighted by Crippen LogP contribution is -3.10. The van der Waals surface area contributed by atoms with E-state index in [1.165, 1.54) is 53.0 Å². The molecule has 0 spiro atoms. The summed E-state index contributed by atoms with van der Waals surface area (Å²) in [5.41, 5.74) is 4.10. The topological polar surface area (TPSA) is 20.2 Å². The lowest BCUT2D eigenvalue weighted by Gasteiger charge is -2.24. The number of nitrogens with one attached hydrogen (secondary N) is 2. The van der Waals surface area contributed by atoms with E-state index in [1.54, 1.807) is 4.90 Å². The van der Waals surface area contributed by atoms with Crippen LogP contribution in [0, 0.1) is 6.92 Å². The minimum atomic E-state index is 0.489. The smallest absolute Gasteiger partial charge is 0.150 e. The van der Waals surface area contributed by atoms with Crippen LogP contribution >= 0.6 is 11.3 Å². The number of aromatic amines is 1. The van der Waals surface area contributed by atoms with E-state index in [1.807, 2.05) is 11.3 Å². The van der Waals surface area contributed by atoms with Gasteiger partial charge in [0.2, 0.25) is 0 Å². The van der Waals surface area contributed by atoms with Crippen LogP contribution in [-0.2, 0) is 0 Å². The van der Waals surface area contributed by atoms with Crippen molar-refractivity contribution in [1.82, 2.24) is 4.98 Å². The Balaban J connectivity index is 1.90. The van der Waals surface area contributed by atoms with Crippen molar-refractivity contribution in [2.75, 3.05) is 13.1 Å². The second kappa shape index (κ2) is 5.32. The first-order valence-corrected chi connectivity index (χ1v) is 8.68. The maximum Gasteiger partial charge on any atom is 0.150 e. The molecule has 1 fully saturated rings. The minimum Gasteiger partial charge on any atom is -0.358 e. The summed E-state index contributed by atoms with van der Waals surface area (Å²) in [6, 6.07) is 13.7. The molecule has 0 amide bonds. The van der Waals surface area contributed by atoms with Gasteiger partial charge in [0.1, 0.15) is 0 Å². The number of thiophene rings is 1. The molecule has 0 radical (unpaired) electrons. The first kappa shape index (κ1) is 13.1. The molecule has 2 N–H and O–H groups in total. The molecule has 1 aliphatic rings. The number of aromatic nitrogens is 1. The van der Waals surface area contributed by atoms with Crippen molar-refractivity contribution in [3.8, 4) is 0 Å². The maximum absolute atomic E-state index is 3.58. The molecule has 3 heterocycles. The van der Waals surface area contributed by atoms with E-state index in [0.717, 1.165) is 0 Å². The van der Waals surface area contributed by atoms with Crippen molar-refractivity contribution in [3.63, 3.8) is 0 Å². The molecule has 0 bridgehead atoms. The van der Waals surface area contributed by atoms with Crippen molar-refractivity contribution in [2.24, 2.45) is 0 Å². The molecular weight excluding hydrogens is 276 g/mol. The van der Waals surface area contributed by atoms with Gasteiger partial charge in [0.15, 0.2) is 6.04 Å². The van der Waals surface area contributed by atoms with Gasteiger partial charge in [-0.2, -0.15) is 0 Å². The summed E-state index contributed by atoms with van der Waals surface area (Å²) in [6.45, 7) is 4.81. The third-order valence-corrected chi connectivity index (χ3v) is 5.65. The number of quaternary nitrogens is 1. The van der Waals surface area contributed by atoms with Gasteiger partial charge >= 0.3 is 0 Å². The quantitative estimate of drug-likeness (QED) is 0.740. The highest BCUT2D eigenvalue weighted by Crippen LogP contribution is 2.32. The van der Waals surface area contributed by atoms with Gasteiger partial charge in [0.25, 0.3) is 0 Å². The van der Waals surface area contributed by atoms with Gasteiger partial charge in [-0.05, 0) is 24.4 Å². The Morgan fingerprint density at radius 2 is 1.90 bits per heavy atom. The van der Waals surface area contributed by atoms with Crippen molar-refractivity contribution >= 4 is 22.2 Å². The molecule has 2 nitrogen and oxygen atoms in total. The molecule has 0 aliphatic carbocycles. The zero-order valence-corrected chi connectivity index (χ0v) is 13.2. The molecule has 4 rings (SSSR count). The molecule has 1 atom stereocenters. The van der Waals surface area contributed by atoms with Crippen LogP contribution in [0.25, 0.3) is 10.9 Å². The second-order valence-electron chi connectivity index (χ2n) is 6.02. The molecular formula is C18H21N2S+. The molecule has 3 heteroatoms. The van der Waals surface area contributed by atoms with Crippen LogP contribution < -0.4 is 4.90 Å². The van der Waals surface area contributed by atoms with E-state index in [2.05, 4.69) is 53.7 Å². The molecule has 0 unspecified atom stereocenters. The number of aryl methyl sites for hydroxylation is 1. The van der Waals surface area contributed by atoms with Crippen molar-refractivity contribution in [2.45, 2.75) is 25.8 Å². The number of likely N-dealkylation sites (tertiary alicyclic amines) is 1. The Morgan fingerprint density at radius 3 is 2.67 bits per heavy atom. The van der Waals surface area contributed by atoms with Crippen LogP contribution in [0.2, 0.25) is 0 Å². The maximum atomic E-state index is 3.58. The molecule has 1 aromatic carbocycles. The fourth-order valence-corrected chi connectivity index (χ4v) is 4.68. The lowest BCUT2D eigenvalue weighted by molar-refractivity contribution is -0.913. The van der Waals surface area contributed by atoms with Crippen molar-refractivity contribution < 1.29 is 4.90 Å². The van der Waals surface area contributed by atoms with Crippen LogP contribution in [-0.4, -0.2) is 18.1 Å². The normalized spacial score (nSPS) is 17.6. The number of rotatable bonds is 3. The third-order valence-electron chi connectivity index (χ3n) is 4.71. The highest BCUT2D eigenvalue weighted by atomic mass is 32.1. The summed E-state index contributed by atoms with van der Waals surface area (Å²) in [5.74, 6) is 0. The van der Waals surface area contributed by atoms with E-state index >= 15 is 0 Å². The summed E-state index contributed by atoms with van der Waals surface area (Å²) in [6.07, 6.45) is 2.72. The number of fused-ring (bicyclic) bond motifs is 1. The Hall–Kier alpha value is -1.58. The van der Waals surface area contributed by atoms with Gasteiger partial charge in [-0.3, -0.25) is 0 Å². The van der Waals surface area contributed by atoms with Gasteiger partial charge in [-0.15, -0.1) is 11.3 Å². The minimum absolute atomic E-state index is 0.489. The van der Waals surface area contributed by atoms with Gasteiger partial charge in [0.05, 0.1) is 18.0 Å². The van der Waals surface area contributed by atoms with Crippen molar-refractivity contribution in [1.29, 1.82) is 0 Å². The molecule has 2 aromatic heterocycles. The van der Waals surface area contributed by atoms with Gasteiger partial charge in [-0.1, -0.05) is 24.3 Å². The molecule has 0 saturated carbocycles. The summed E-state index contributed by atoms with van der Waals surface area (Å²) in [4.78, 5) is 6.81. The first-order valence-electron chi connectivity index (χ1n) is 7.80.